The molecule has 0 spiro atoms. The van der Waals surface area contributed by atoms with Gasteiger partial charge in [0.15, 0.2) is 0 Å². The lowest BCUT2D eigenvalue weighted by Crippen LogP contribution is -2.37. The zero-order valence-electron chi connectivity index (χ0n) is 6.88. The van der Waals surface area contributed by atoms with Crippen LogP contribution in [0, 0.1) is 0 Å². The monoisotopic (exact) mass is 157 g/mol. The third kappa shape index (κ3) is 2.60. The Balaban J connectivity index is 2.38. The molecule has 64 valence electrons. The Morgan fingerprint density at radius 3 is 3.27 bits per heavy atom. The molecular formula is C8H15NO2. The van der Waals surface area contributed by atoms with Gasteiger partial charge in [0.25, 0.3) is 0 Å². The number of nitrogens with one attached hydrogen (secondary N) is 1. The van der Waals surface area contributed by atoms with Crippen LogP contribution in [0.15, 0.2) is 0 Å². The molecule has 11 heavy (non-hydrogen) atoms. The van der Waals surface area contributed by atoms with E-state index < -0.39 is 0 Å². The van der Waals surface area contributed by atoms with E-state index in [1.165, 1.54) is 0 Å². The van der Waals surface area contributed by atoms with E-state index in [1.807, 2.05) is 6.92 Å². The van der Waals surface area contributed by atoms with Crippen molar-refractivity contribution in [2.75, 3.05) is 13.2 Å². The van der Waals surface area contributed by atoms with Crippen molar-refractivity contribution in [3.8, 4) is 0 Å². The van der Waals surface area contributed by atoms with E-state index in [1.54, 1.807) is 0 Å². The highest BCUT2D eigenvalue weighted by atomic mass is 16.5. The molecule has 1 fully saturated rings. The Bertz CT molecular complexity index is 127. The van der Waals surface area contributed by atoms with E-state index >= 15 is 0 Å². The van der Waals surface area contributed by atoms with Crippen molar-refractivity contribution in [1.82, 2.24) is 5.32 Å². The fraction of sp³-hybridized carbons (Fsp3) is 0.875. The van der Waals surface area contributed by atoms with Crippen molar-refractivity contribution in [2.45, 2.75) is 31.9 Å². The highest BCUT2D eigenvalue weighted by Crippen LogP contribution is 2.06. The molecule has 0 amide bonds. The Morgan fingerprint density at radius 1 is 1.73 bits per heavy atom. The van der Waals surface area contributed by atoms with Crippen molar-refractivity contribution in [3.05, 3.63) is 0 Å². The molecule has 0 radical (unpaired) electrons. The maximum atomic E-state index is 10.2. The number of carbonyl (C=O) groups excluding carboxylic acids is 1. The smallest absolute Gasteiger partial charge is 0.121 e. The van der Waals surface area contributed by atoms with Crippen LogP contribution in [0.1, 0.15) is 19.8 Å². The molecule has 3 heteroatoms. The lowest BCUT2D eigenvalue weighted by molar-refractivity contribution is -0.109. The second-order valence-corrected chi connectivity index (χ2v) is 2.89. The fourth-order valence-corrected chi connectivity index (χ4v) is 1.29. The van der Waals surface area contributed by atoms with Gasteiger partial charge in [-0.1, -0.05) is 0 Å². The molecule has 1 heterocycles. The molecule has 1 aliphatic heterocycles. The van der Waals surface area contributed by atoms with Crippen LogP contribution in [0.25, 0.3) is 0 Å². The average molecular weight is 157 g/mol. The minimum absolute atomic E-state index is 0.169. The lowest BCUT2D eigenvalue weighted by atomic mass is 10.1. The third-order valence-corrected chi connectivity index (χ3v) is 2.03. The highest BCUT2D eigenvalue weighted by Gasteiger charge is 2.18. The Labute approximate surface area is 67.1 Å². The van der Waals surface area contributed by atoms with Crippen LogP contribution < -0.4 is 5.32 Å². The van der Waals surface area contributed by atoms with Gasteiger partial charge < -0.3 is 14.8 Å². The van der Waals surface area contributed by atoms with Crippen LogP contribution in [-0.4, -0.2) is 31.6 Å². The molecule has 1 N–H and O–H groups in total. The van der Waals surface area contributed by atoms with Crippen molar-refractivity contribution in [3.63, 3.8) is 0 Å². The van der Waals surface area contributed by atoms with E-state index in [2.05, 4.69) is 5.32 Å². The normalized spacial score (nSPS) is 32.8. The van der Waals surface area contributed by atoms with Gasteiger partial charge in [-0.05, 0) is 19.9 Å². The van der Waals surface area contributed by atoms with Crippen LogP contribution in [0.2, 0.25) is 0 Å². The van der Waals surface area contributed by atoms with Crippen molar-refractivity contribution in [2.24, 2.45) is 0 Å². The van der Waals surface area contributed by atoms with Gasteiger partial charge in [-0.2, -0.15) is 0 Å². The maximum absolute atomic E-state index is 10.2. The molecule has 0 aliphatic carbocycles. The van der Waals surface area contributed by atoms with Crippen molar-refractivity contribution >= 4 is 6.29 Å². The van der Waals surface area contributed by atoms with Gasteiger partial charge in [-0.3, -0.25) is 0 Å². The van der Waals surface area contributed by atoms with Gasteiger partial charge in [-0.25, -0.2) is 0 Å². The van der Waals surface area contributed by atoms with Gasteiger partial charge in [0, 0.05) is 19.1 Å². The Hall–Kier alpha value is -0.410. The molecule has 1 rings (SSSR count). The molecule has 2 atom stereocenters. The Morgan fingerprint density at radius 2 is 2.55 bits per heavy atom. The molecule has 0 aromatic heterocycles. The predicted octanol–water partition coefficient (Wildman–Crippen LogP) is 0.342. The molecule has 0 bridgehead atoms. The molecule has 1 aliphatic rings. The summed E-state index contributed by atoms with van der Waals surface area (Å²) in [7, 11) is 0. The van der Waals surface area contributed by atoms with Gasteiger partial charge in [0.1, 0.15) is 6.29 Å². The van der Waals surface area contributed by atoms with E-state index in [4.69, 9.17) is 4.74 Å². The number of rotatable bonds is 2. The van der Waals surface area contributed by atoms with Crippen LogP contribution in [0.5, 0.6) is 0 Å². The quantitative estimate of drug-likeness (QED) is 0.587. The molecule has 0 saturated carbocycles. The minimum Gasteiger partial charge on any atom is -0.377 e. The van der Waals surface area contributed by atoms with Crippen molar-refractivity contribution in [1.29, 1.82) is 0 Å². The summed E-state index contributed by atoms with van der Waals surface area (Å²) in [6, 6.07) is 0.218. The largest absolute Gasteiger partial charge is 0.377 e. The zero-order valence-corrected chi connectivity index (χ0v) is 6.88. The summed E-state index contributed by atoms with van der Waals surface area (Å²) in [5.74, 6) is 0. The molecule has 0 aromatic rings. The van der Waals surface area contributed by atoms with Gasteiger partial charge in [0.05, 0.1) is 6.10 Å². The lowest BCUT2D eigenvalue weighted by Gasteiger charge is -2.19. The van der Waals surface area contributed by atoms with Gasteiger partial charge >= 0.3 is 0 Å². The van der Waals surface area contributed by atoms with Crippen LogP contribution in [0.3, 0.4) is 0 Å². The van der Waals surface area contributed by atoms with Gasteiger partial charge in [-0.15, -0.1) is 0 Å². The van der Waals surface area contributed by atoms with Gasteiger partial charge in [0.2, 0.25) is 0 Å². The number of hydrogen-bond donors (Lipinski definition) is 1. The molecule has 1 saturated heterocycles. The number of aldehydes is 1. The first-order chi connectivity index (χ1) is 5.34. The summed E-state index contributed by atoms with van der Waals surface area (Å²) in [6.45, 7) is 3.78. The summed E-state index contributed by atoms with van der Waals surface area (Å²) in [5.41, 5.74) is 0. The second-order valence-electron chi connectivity index (χ2n) is 2.89. The van der Waals surface area contributed by atoms with E-state index in [0.29, 0.717) is 6.42 Å². The first kappa shape index (κ1) is 8.68. The number of ether oxygens (including phenoxy) is 1. The third-order valence-electron chi connectivity index (χ3n) is 2.03. The fourth-order valence-electron chi connectivity index (χ4n) is 1.29. The summed E-state index contributed by atoms with van der Waals surface area (Å²) in [6.07, 6.45) is 2.71. The summed E-state index contributed by atoms with van der Waals surface area (Å²) in [5, 5.41) is 3.28. The van der Waals surface area contributed by atoms with Crippen LogP contribution >= 0.6 is 0 Å². The summed E-state index contributed by atoms with van der Waals surface area (Å²) in [4.78, 5) is 10.2. The second kappa shape index (κ2) is 4.46. The first-order valence-corrected chi connectivity index (χ1v) is 4.13. The number of hydrogen-bond acceptors (Lipinski definition) is 3. The van der Waals surface area contributed by atoms with E-state index in [9.17, 15) is 4.79 Å². The molecule has 2 unspecified atom stereocenters. The summed E-state index contributed by atoms with van der Waals surface area (Å²) < 4.78 is 5.45. The SMILES string of the molecule is CC1OCCCNC1CC=O. The maximum Gasteiger partial charge on any atom is 0.121 e. The highest BCUT2D eigenvalue weighted by molar-refractivity contribution is 5.50. The topological polar surface area (TPSA) is 38.3 Å². The summed E-state index contributed by atoms with van der Waals surface area (Å²) >= 11 is 0. The Kier molecular flexibility index (Phi) is 3.52. The van der Waals surface area contributed by atoms with Crippen LogP contribution in [-0.2, 0) is 9.53 Å². The minimum atomic E-state index is 0.169. The average Bonchev–Trinajstić information content (AvgIpc) is 2.18. The van der Waals surface area contributed by atoms with Crippen LogP contribution in [0.4, 0.5) is 0 Å². The molecule has 0 aromatic carbocycles. The first-order valence-electron chi connectivity index (χ1n) is 4.13. The number of carbonyl (C=O) groups is 1. The van der Waals surface area contributed by atoms with E-state index in [0.717, 1.165) is 25.9 Å². The van der Waals surface area contributed by atoms with E-state index in [-0.39, 0.29) is 12.1 Å². The predicted molar refractivity (Wildman–Crippen MR) is 42.5 cm³/mol. The standard InChI is InChI=1S/C8H15NO2/c1-7-8(3-5-10)9-4-2-6-11-7/h5,7-9H,2-4,6H2,1H3. The van der Waals surface area contributed by atoms with Crippen molar-refractivity contribution < 1.29 is 9.53 Å². The molecule has 3 nitrogen and oxygen atoms in total. The molecular weight excluding hydrogens is 142 g/mol. The zero-order chi connectivity index (χ0) is 8.10.